The van der Waals surface area contributed by atoms with Crippen molar-refractivity contribution in [3.8, 4) is 0 Å². The van der Waals surface area contributed by atoms with Gasteiger partial charge in [0, 0.05) is 19.4 Å². The first-order valence-corrected chi connectivity index (χ1v) is 7.11. The molecule has 2 aromatic heterocycles. The maximum Gasteiger partial charge on any atom is 0.253 e. The number of carbonyl (C=O) groups excluding carboxylic acids is 1. The van der Waals surface area contributed by atoms with Gasteiger partial charge in [-0.3, -0.25) is 14.5 Å². The van der Waals surface area contributed by atoms with Crippen LogP contribution in [-0.2, 0) is 7.05 Å². The molecule has 2 heterocycles. The van der Waals surface area contributed by atoms with Gasteiger partial charge < -0.3 is 5.32 Å². The highest BCUT2D eigenvalue weighted by Gasteiger charge is 2.22. The lowest BCUT2D eigenvalue weighted by molar-refractivity contribution is 0.0929. The lowest BCUT2D eigenvalue weighted by atomic mass is 10.0. The summed E-state index contributed by atoms with van der Waals surface area (Å²) in [7, 11) is 1.81. The minimum atomic E-state index is -0.240. The first kappa shape index (κ1) is 15.4. The van der Waals surface area contributed by atoms with Crippen LogP contribution in [-0.4, -0.2) is 25.7 Å². The molecule has 21 heavy (non-hydrogen) atoms. The van der Waals surface area contributed by atoms with Gasteiger partial charge in [0.2, 0.25) is 0 Å². The Labute approximate surface area is 128 Å². The van der Waals surface area contributed by atoms with Crippen molar-refractivity contribution in [3.05, 3.63) is 41.2 Å². The standard InChI is InChI=1S/C14H18ClN5O/c1-9(2)6-12(13-17-8-18-20(13)3)19-14(21)10-4-5-16-7-11(10)15/h4-5,7-9,12H,6H2,1-3H3,(H,19,21)/t12-/m1/s1. The zero-order chi connectivity index (χ0) is 15.4. The zero-order valence-corrected chi connectivity index (χ0v) is 13.0. The van der Waals surface area contributed by atoms with Crippen molar-refractivity contribution >= 4 is 17.5 Å². The minimum Gasteiger partial charge on any atom is -0.342 e. The number of hydrogen-bond acceptors (Lipinski definition) is 4. The fraction of sp³-hybridized carbons (Fsp3) is 0.429. The van der Waals surface area contributed by atoms with Crippen molar-refractivity contribution in [2.45, 2.75) is 26.3 Å². The van der Waals surface area contributed by atoms with Crippen LogP contribution in [0.2, 0.25) is 5.02 Å². The quantitative estimate of drug-likeness (QED) is 0.920. The molecule has 0 fully saturated rings. The van der Waals surface area contributed by atoms with Gasteiger partial charge in [-0.25, -0.2) is 4.98 Å². The van der Waals surface area contributed by atoms with Crippen LogP contribution in [0.25, 0.3) is 0 Å². The lowest BCUT2D eigenvalue weighted by Crippen LogP contribution is -2.31. The van der Waals surface area contributed by atoms with E-state index in [1.165, 1.54) is 12.5 Å². The van der Waals surface area contributed by atoms with E-state index in [0.29, 0.717) is 16.5 Å². The molecule has 0 aliphatic carbocycles. The highest BCUT2D eigenvalue weighted by Crippen LogP contribution is 2.21. The lowest BCUT2D eigenvalue weighted by Gasteiger charge is -2.20. The van der Waals surface area contributed by atoms with E-state index in [9.17, 15) is 4.79 Å². The molecule has 1 N–H and O–H groups in total. The number of rotatable bonds is 5. The number of halogens is 1. The Balaban J connectivity index is 2.22. The fourth-order valence-electron chi connectivity index (χ4n) is 2.12. The molecule has 0 radical (unpaired) electrons. The SMILES string of the molecule is CC(C)C[C@@H](NC(=O)c1ccncc1Cl)c1ncnn1C. The fourth-order valence-corrected chi connectivity index (χ4v) is 2.32. The Morgan fingerprint density at radius 1 is 1.48 bits per heavy atom. The molecule has 1 atom stereocenters. The van der Waals surface area contributed by atoms with Crippen LogP contribution in [0.5, 0.6) is 0 Å². The monoisotopic (exact) mass is 307 g/mol. The summed E-state index contributed by atoms with van der Waals surface area (Å²) in [5, 5.41) is 7.36. The number of carbonyl (C=O) groups is 1. The van der Waals surface area contributed by atoms with Gasteiger partial charge in [-0.05, 0) is 18.4 Å². The Bertz CT molecular complexity index is 625. The van der Waals surface area contributed by atoms with Crippen molar-refractivity contribution in [1.29, 1.82) is 0 Å². The van der Waals surface area contributed by atoms with Gasteiger partial charge in [-0.2, -0.15) is 5.10 Å². The van der Waals surface area contributed by atoms with Crippen LogP contribution < -0.4 is 5.32 Å². The van der Waals surface area contributed by atoms with Crippen LogP contribution >= 0.6 is 11.6 Å². The molecule has 0 spiro atoms. The van der Waals surface area contributed by atoms with Gasteiger partial charge in [0.05, 0.1) is 16.6 Å². The summed E-state index contributed by atoms with van der Waals surface area (Å²) in [4.78, 5) is 20.5. The highest BCUT2D eigenvalue weighted by atomic mass is 35.5. The first-order chi connectivity index (χ1) is 9.99. The smallest absolute Gasteiger partial charge is 0.253 e. The van der Waals surface area contributed by atoms with E-state index in [0.717, 1.165) is 12.2 Å². The largest absolute Gasteiger partial charge is 0.342 e. The average Bonchev–Trinajstić information content (AvgIpc) is 2.84. The van der Waals surface area contributed by atoms with Crippen molar-refractivity contribution in [1.82, 2.24) is 25.1 Å². The number of pyridine rings is 1. The number of aryl methyl sites for hydroxylation is 1. The van der Waals surface area contributed by atoms with Crippen molar-refractivity contribution in [2.75, 3.05) is 0 Å². The summed E-state index contributed by atoms with van der Waals surface area (Å²) in [5.41, 5.74) is 0.405. The van der Waals surface area contributed by atoms with E-state index in [2.05, 4.69) is 34.2 Å². The highest BCUT2D eigenvalue weighted by molar-refractivity contribution is 6.33. The number of nitrogens with one attached hydrogen (secondary N) is 1. The van der Waals surface area contributed by atoms with Crippen LogP contribution in [0, 0.1) is 5.92 Å². The number of aromatic nitrogens is 4. The molecule has 2 aromatic rings. The topological polar surface area (TPSA) is 72.7 Å². The molecule has 2 rings (SSSR count). The Morgan fingerprint density at radius 2 is 2.24 bits per heavy atom. The van der Waals surface area contributed by atoms with Gasteiger partial charge in [0.1, 0.15) is 12.2 Å². The molecule has 0 aliphatic rings. The minimum absolute atomic E-state index is 0.214. The predicted octanol–water partition coefficient (Wildman–Crippen LogP) is 2.38. The third-order valence-electron chi connectivity index (χ3n) is 3.09. The van der Waals surface area contributed by atoms with E-state index in [4.69, 9.17) is 11.6 Å². The zero-order valence-electron chi connectivity index (χ0n) is 12.2. The maximum atomic E-state index is 12.4. The molecule has 0 saturated carbocycles. The molecule has 0 unspecified atom stereocenters. The van der Waals surface area contributed by atoms with E-state index in [1.54, 1.807) is 24.0 Å². The van der Waals surface area contributed by atoms with Crippen molar-refractivity contribution < 1.29 is 4.79 Å². The van der Waals surface area contributed by atoms with Gasteiger partial charge >= 0.3 is 0 Å². The van der Waals surface area contributed by atoms with Gasteiger partial charge in [0.15, 0.2) is 0 Å². The Hall–Kier alpha value is -1.95. The van der Waals surface area contributed by atoms with Crippen molar-refractivity contribution in [3.63, 3.8) is 0 Å². The summed E-state index contributed by atoms with van der Waals surface area (Å²) >= 11 is 6.01. The van der Waals surface area contributed by atoms with E-state index in [-0.39, 0.29) is 11.9 Å². The average molecular weight is 308 g/mol. The Morgan fingerprint density at radius 3 is 2.81 bits per heavy atom. The van der Waals surface area contributed by atoms with Crippen LogP contribution in [0.3, 0.4) is 0 Å². The number of hydrogen-bond donors (Lipinski definition) is 1. The molecule has 6 nitrogen and oxygen atoms in total. The van der Waals surface area contributed by atoms with E-state index in [1.807, 2.05) is 0 Å². The van der Waals surface area contributed by atoms with Gasteiger partial charge in [-0.1, -0.05) is 25.4 Å². The summed E-state index contributed by atoms with van der Waals surface area (Å²) in [5.74, 6) is 0.887. The number of nitrogens with zero attached hydrogens (tertiary/aromatic N) is 4. The molecule has 112 valence electrons. The summed E-state index contributed by atoms with van der Waals surface area (Å²) in [6.07, 6.45) is 5.24. The van der Waals surface area contributed by atoms with Crippen LogP contribution in [0.4, 0.5) is 0 Å². The number of amides is 1. The molecule has 0 bridgehead atoms. The van der Waals surface area contributed by atoms with E-state index >= 15 is 0 Å². The molecule has 7 heteroatoms. The second-order valence-corrected chi connectivity index (χ2v) is 5.66. The van der Waals surface area contributed by atoms with Crippen LogP contribution in [0.15, 0.2) is 24.8 Å². The van der Waals surface area contributed by atoms with Gasteiger partial charge in [0.25, 0.3) is 5.91 Å². The molecule has 0 aromatic carbocycles. The molecule has 1 amide bonds. The third-order valence-corrected chi connectivity index (χ3v) is 3.39. The maximum absolute atomic E-state index is 12.4. The van der Waals surface area contributed by atoms with Crippen molar-refractivity contribution in [2.24, 2.45) is 13.0 Å². The normalized spacial score (nSPS) is 12.4. The summed E-state index contributed by atoms with van der Waals surface area (Å²) in [6.45, 7) is 4.18. The summed E-state index contributed by atoms with van der Waals surface area (Å²) < 4.78 is 1.67. The first-order valence-electron chi connectivity index (χ1n) is 6.73. The molecular weight excluding hydrogens is 290 g/mol. The van der Waals surface area contributed by atoms with Gasteiger partial charge in [-0.15, -0.1) is 0 Å². The summed E-state index contributed by atoms with van der Waals surface area (Å²) in [6, 6.07) is 1.38. The molecule has 0 aliphatic heterocycles. The second-order valence-electron chi connectivity index (χ2n) is 5.25. The van der Waals surface area contributed by atoms with E-state index < -0.39 is 0 Å². The Kier molecular flexibility index (Phi) is 4.90. The predicted molar refractivity (Wildman–Crippen MR) is 79.9 cm³/mol. The second kappa shape index (κ2) is 6.67. The molecule has 0 saturated heterocycles. The molecular formula is C14H18ClN5O. The third kappa shape index (κ3) is 3.78. The van der Waals surface area contributed by atoms with Crippen LogP contribution in [0.1, 0.15) is 42.5 Å².